The Balaban J connectivity index is 2.03. The number of amides is 3. The summed E-state index contributed by atoms with van der Waals surface area (Å²) in [5, 5.41) is 25.3. The summed E-state index contributed by atoms with van der Waals surface area (Å²) in [6, 6.07) is 17.9. The van der Waals surface area contributed by atoms with Crippen LogP contribution in [0.1, 0.15) is 43.5 Å². The third-order valence-electron chi connectivity index (χ3n) is 6.39. The predicted octanol–water partition coefficient (Wildman–Crippen LogP) is 4.35. The Morgan fingerprint density at radius 2 is 1.60 bits per heavy atom. The van der Waals surface area contributed by atoms with Gasteiger partial charge in [0.25, 0.3) is 5.91 Å². The highest BCUT2D eigenvalue weighted by atomic mass is 16.6. The lowest BCUT2D eigenvalue weighted by Crippen LogP contribution is -2.54. The van der Waals surface area contributed by atoms with Gasteiger partial charge >= 0.3 is 6.09 Å². The summed E-state index contributed by atoms with van der Waals surface area (Å²) < 4.78 is 10.6. The minimum Gasteiger partial charge on any atom is -0.508 e. The Morgan fingerprint density at radius 1 is 0.952 bits per heavy atom. The van der Waals surface area contributed by atoms with Crippen LogP contribution in [0.2, 0.25) is 0 Å². The summed E-state index contributed by atoms with van der Waals surface area (Å²) >= 11 is 0. The van der Waals surface area contributed by atoms with E-state index in [-0.39, 0.29) is 18.7 Å². The maximum absolute atomic E-state index is 14.3. The number of alkyl carbamates (subject to hydrolysis) is 1. The van der Waals surface area contributed by atoms with Gasteiger partial charge in [-0.05, 0) is 80.8 Å². The van der Waals surface area contributed by atoms with E-state index in [9.17, 15) is 24.6 Å². The lowest BCUT2D eigenvalue weighted by atomic mass is 9.97. The van der Waals surface area contributed by atoms with Gasteiger partial charge in [0.2, 0.25) is 5.91 Å². The fourth-order valence-electron chi connectivity index (χ4n) is 4.42. The van der Waals surface area contributed by atoms with Crippen molar-refractivity contribution in [3.63, 3.8) is 0 Å². The molecule has 0 saturated heterocycles. The van der Waals surface area contributed by atoms with Crippen molar-refractivity contribution in [2.45, 2.75) is 51.8 Å². The predicted molar refractivity (Wildman–Crippen MR) is 159 cm³/mol. The molecule has 2 atom stereocenters. The molecule has 3 aromatic carbocycles. The van der Waals surface area contributed by atoms with E-state index in [4.69, 9.17) is 9.47 Å². The number of hydrogen-bond acceptors (Lipinski definition) is 7. The van der Waals surface area contributed by atoms with Gasteiger partial charge in [0, 0.05) is 18.7 Å². The van der Waals surface area contributed by atoms with E-state index in [1.807, 2.05) is 19.1 Å². The summed E-state index contributed by atoms with van der Waals surface area (Å²) in [4.78, 5) is 42.3. The molecule has 42 heavy (non-hydrogen) atoms. The highest BCUT2D eigenvalue weighted by Crippen LogP contribution is 2.28. The lowest BCUT2D eigenvalue weighted by molar-refractivity contribution is -0.141. The zero-order valence-corrected chi connectivity index (χ0v) is 24.6. The first kappa shape index (κ1) is 32.0. The van der Waals surface area contributed by atoms with Crippen LogP contribution in [0.3, 0.4) is 0 Å². The number of nitrogens with zero attached hydrogens (tertiary/aromatic N) is 1. The van der Waals surface area contributed by atoms with Crippen LogP contribution >= 0.6 is 0 Å². The molecule has 3 rings (SSSR count). The summed E-state index contributed by atoms with van der Waals surface area (Å²) in [5.41, 5.74) is 1.65. The molecule has 0 aromatic heterocycles. The molecule has 0 fully saturated rings. The molecule has 3 amide bonds. The Labute approximate surface area is 246 Å². The number of aromatic hydroxyl groups is 1. The van der Waals surface area contributed by atoms with Crippen LogP contribution in [0, 0.1) is 6.92 Å². The van der Waals surface area contributed by atoms with Gasteiger partial charge in [0.15, 0.2) is 0 Å². The first-order valence-corrected chi connectivity index (χ1v) is 13.6. The van der Waals surface area contributed by atoms with Crippen LogP contribution in [0.15, 0.2) is 72.8 Å². The number of nitrogens with one attached hydrogen (secondary N) is 2. The van der Waals surface area contributed by atoms with Crippen LogP contribution in [-0.4, -0.2) is 64.9 Å². The maximum Gasteiger partial charge on any atom is 0.408 e. The van der Waals surface area contributed by atoms with Crippen molar-refractivity contribution in [1.29, 1.82) is 0 Å². The van der Waals surface area contributed by atoms with E-state index in [2.05, 4.69) is 10.6 Å². The van der Waals surface area contributed by atoms with Gasteiger partial charge in [-0.1, -0.05) is 36.4 Å². The Bertz CT molecular complexity index is 1350. The molecular weight excluding hydrogens is 538 g/mol. The summed E-state index contributed by atoms with van der Waals surface area (Å²) in [5.74, 6) is -0.428. The number of anilines is 1. The molecule has 0 spiro atoms. The molecule has 0 saturated carbocycles. The van der Waals surface area contributed by atoms with E-state index < -0.39 is 42.2 Å². The smallest absolute Gasteiger partial charge is 0.408 e. The number of aryl methyl sites for hydroxylation is 1. The van der Waals surface area contributed by atoms with E-state index in [0.717, 1.165) is 5.56 Å². The normalized spacial score (nSPS) is 12.5. The number of aliphatic hydroxyl groups is 1. The molecule has 0 radical (unpaired) electrons. The highest BCUT2D eigenvalue weighted by Gasteiger charge is 2.37. The number of carbonyl (C=O) groups excluding carboxylic acids is 3. The lowest BCUT2D eigenvalue weighted by Gasteiger charge is -2.34. The number of phenolic OH excluding ortho intramolecular Hbond substituents is 1. The molecule has 2 unspecified atom stereocenters. The van der Waals surface area contributed by atoms with E-state index >= 15 is 0 Å². The van der Waals surface area contributed by atoms with Gasteiger partial charge in [-0.3, -0.25) is 9.59 Å². The Morgan fingerprint density at radius 3 is 2.17 bits per heavy atom. The maximum atomic E-state index is 14.3. The largest absolute Gasteiger partial charge is 0.508 e. The van der Waals surface area contributed by atoms with E-state index in [1.54, 1.807) is 76.4 Å². The monoisotopic (exact) mass is 577 g/mol. The average Bonchev–Trinajstić information content (AvgIpc) is 2.93. The van der Waals surface area contributed by atoms with Crippen molar-refractivity contribution >= 4 is 23.6 Å². The molecule has 0 aliphatic heterocycles. The molecule has 10 nitrogen and oxygen atoms in total. The first-order chi connectivity index (χ1) is 19.9. The van der Waals surface area contributed by atoms with Crippen LogP contribution in [0.5, 0.6) is 11.5 Å². The second kappa shape index (κ2) is 14.4. The van der Waals surface area contributed by atoms with Crippen LogP contribution in [0.25, 0.3) is 0 Å². The summed E-state index contributed by atoms with van der Waals surface area (Å²) in [6.07, 6.45) is -0.764. The van der Waals surface area contributed by atoms with Crippen molar-refractivity contribution in [3.05, 3.63) is 89.5 Å². The molecule has 10 heteroatoms. The van der Waals surface area contributed by atoms with Gasteiger partial charge < -0.3 is 35.2 Å². The van der Waals surface area contributed by atoms with Gasteiger partial charge in [-0.25, -0.2) is 4.79 Å². The van der Waals surface area contributed by atoms with Crippen molar-refractivity contribution in [2.24, 2.45) is 0 Å². The molecule has 0 heterocycles. The summed E-state index contributed by atoms with van der Waals surface area (Å²) in [7, 11) is 1.54. The van der Waals surface area contributed by atoms with Crippen molar-refractivity contribution in [3.8, 4) is 11.5 Å². The van der Waals surface area contributed by atoms with Gasteiger partial charge in [-0.2, -0.15) is 0 Å². The Kier molecular flexibility index (Phi) is 10.9. The number of benzene rings is 3. The fourth-order valence-corrected chi connectivity index (χ4v) is 4.42. The number of ether oxygens (including phenoxy) is 2. The van der Waals surface area contributed by atoms with Crippen molar-refractivity contribution in [1.82, 2.24) is 10.2 Å². The SMILES string of the molecule is COc1ccc(NC(=O)C(c2ccccc2C)N(CCO)C(=O)C(Cc2ccc(O)cc2)NC(=O)OC(C)(C)C)cc1. The third kappa shape index (κ3) is 8.97. The molecule has 0 bridgehead atoms. The number of aliphatic hydroxyl groups excluding tert-OH is 1. The van der Waals surface area contributed by atoms with Gasteiger partial charge in [0.1, 0.15) is 29.2 Å². The van der Waals surface area contributed by atoms with E-state index in [0.29, 0.717) is 22.6 Å². The molecule has 3 aromatic rings. The molecule has 0 aliphatic carbocycles. The Hall–Kier alpha value is -4.57. The molecular formula is C32H39N3O7. The van der Waals surface area contributed by atoms with E-state index in [1.165, 1.54) is 17.0 Å². The van der Waals surface area contributed by atoms with Gasteiger partial charge in [0.05, 0.1) is 13.7 Å². The quantitative estimate of drug-likeness (QED) is 0.266. The second-order valence-electron chi connectivity index (χ2n) is 10.8. The molecule has 224 valence electrons. The number of hydrogen-bond donors (Lipinski definition) is 4. The zero-order chi connectivity index (χ0) is 30.9. The zero-order valence-electron chi connectivity index (χ0n) is 24.6. The average molecular weight is 578 g/mol. The van der Waals surface area contributed by atoms with Crippen LogP contribution in [0.4, 0.5) is 10.5 Å². The van der Waals surface area contributed by atoms with Crippen LogP contribution in [-0.2, 0) is 20.7 Å². The fraction of sp³-hybridized carbons (Fsp3) is 0.344. The number of carbonyl (C=O) groups is 3. The highest BCUT2D eigenvalue weighted by molar-refractivity contribution is 5.99. The molecule has 4 N–H and O–H groups in total. The summed E-state index contributed by atoms with van der Waals surface area (Å²) in [6.45, 7) is 6.34. The van der Waals surface area contributed by atoms with Crippen LogP contribution < -0.4 is 15.4 Å². The minimum atomic E-state index is -1.16. The van der Waals surface area contributed by atoms with Gasteiger partial charge in [-0.15, -0.1) is 0 Å². The third-order valence-corrected chi connectivity index (χ3v) is 6.39. The first-order valence-electron chi connectivity index (χ1n) is 13.6. The van der Waals surface area contributed by atoms with Crippen molar-refractivity contribution < 1.29 is 34.1 Å². The number of rotatable bonds is 11. The van der Waals surface area contributed by atoms with Crippen molar-refractivity contribution in [2.75, 3.05) is 25.6 Å². The topological polar surface area (TPSA) is 137 Å². The molecule has 0 aliphatic rings. The standard InChI is InChI=1S/C32H39N3O7/c1-21-8-6-7-9-26(21)28(29(38)33-23-12-16-25(41-5)17-13-23)35(18-19-36)30(39)27(34-31(40)42-32(2,3)4)20-22-10-14-24(37)15-11-22/h6-17,27-28,36-37H,18-20H2,1-5H3,(H,33,38)(H,34,40). The number of methoxy groups -OCH3 is 1. The second-order valence-corrected chi connectivity index (χ2v) is 10.8. The number of phenols is 1. The minimum absolute atomic E-state index is 0.0425.